The van der Waals surface area contributed by atoms with E-state index in [9.17, 15) is 4.79 Å². The molecule has 0 aliphatic carbocycles. The Bertz CT molecular complexity index is 984. The van der Waals surface area contributed by atoms with Crippen LogP contribution in [0.1, 0.15) is 16.9 Å². The van der Waals surface area contributed by atoms with Crippen LogP contribution in [0.5, 0.6) is 0 Å². The number of aliphatic imine (C=N–C) groups is 1. The largest absolute Gasteiger partial charge is 0.468 e. The normalized spacial score (nSPS) is 16.8. The van der Waals surface area contributed by atoms with Crippen LogP contribution in [-0.2, 0) is 14.3 Å². The molecule has 1 unspecified atom stereocenters. The number of esters is 1. The molecule has 2 aliphatic rings. The first kappa shape index (κ1) is 23.7. The first-order valence-electron chi connectivity index (χ1n) is 11.4. The zero-order valence-corrected chi connectivity index (χ0v) is 20.4. The Hall–Kier alpha value is -2.46. The summed E-state index contributed by atoms with van der Waals surface area (Å²) in [5.41, 5.74) is 3.24. The number of nitrogens with zero attached hydrogens (tertiary/aromatic N) is 3. The molecule has 0 spiro atoms. The third-order valence-electron chi connectivity index (χ3n) is 6.03. The molecule has 33 heavy (non-hydrogen) atoms. The minimum Gasteiger partial charge on any atom is -0.468 e. The smallest absolute Gasteiger partial charge is 0.325 e. The lowest BCUT2D eigenvalue weighted by Crippen LogP contribution is -2.49. The number of hydrogen-bond donors (Lipinski definition) is 2. The summed E-state index contributed by atoms with van der Waals surface area (Å²) in [4.78, 5) is 22.8. The Balaban J connectivity index is 1.30. The lowest BCUT2D eigenvalue weighted by molar-refractivity contribution is -0.144. The number of benzene rings is 1. The van der Waals surface area contributed by atoms with Crippen molar-refractivity contribution in [1.29, 1.82) is 0 Å². The van der Waals surface area contributed by atoms with E-state index in [2.05, 4.69) is 45.6 Å². The van der Waals surface area contributed by atoms with Crippen molar-refractivity contribution >= 4 is 39.5 Å². The predicted octanol–water partition coefficient (Wildman–Crippen LogP) is 2.98. The van der Waals surface area contributed by atoms with E-state index in [1.165, 1.54) is 22.6 Å². The number of carbonyl (C=O) groups excluding carboxylic acids is 1. The van der Waals surface area contributed by atoms with Gasteiger partial charge in [0.25, 0.3) is 0 Å². The van der Waals surface area contributed by atoms with E-state index in [4.69, 9.17) is 14.5 Å². The maximum atomic E-state index is 11.6. The highest BCUT2D eigenvalue weighted by Gasteiger charge is 2.26. The molecule has 0 radical (unpaired) electrons. The number of aryl methyl sites for hydroxylation is 1. The van der Waals surface area contributed by atoms with Crippen molar-refractivity contribution in [2.75, 3.05) is 65.4 Å². The number of anilines is 2. The first-order valence-corrected chi connectivity index (χ1v) is 12.3. The van der Waals surface area contributed by atoms with Gasteiger partial charge in [-0.3, -0.25) is 9.69 Å². The topological polar surface area (TPSA) is 78.4 Å². The van der Waals surface area contributed by atoms with Crippen molar-refractivity contribution in [3.8, 4) is 0 Å². The van der Waals surface area contributed by atoms with Gasteiger partial charge in [-0.15, -0.1) is 11.3 Å². The van der Waals surface area contributed by atoms with Crippen LogP contribution in [0, 0.1) is 6.92 Å². The molecule has 1 aromatic carbocycles. The second-order valence-electron chi connectivity index (χ2n) is 8.30. The molecule has 0 bridgehead atoms. The number of methoxy groups -OCH3 is 1. The third kappa shape index (κ3) is 5.73. The molecule has 4 rings (SSSR count). The fraction of sp³-hybridized carbons (Fsp3) is 0.500. The van der Waals surface area contributed by atoms with Crippen LogP contribution in [0.25, 0.3) is 0 Å². The lowest BCUT2D eigenvalue weighted by atomic mass is 10.2. The summed E-state index contributed by atoms with van der Waals surface area (Å²) in [5.74, 6) is 0.771. The number of thiophene rings is 1. The minimum absolute atomic E-state index is 0.295. The summed E-state index contributed by atoms with van der Waals surface area (Å²) in [5, 5.41) is 7.67. The van der Waals surface area contributed by atoms with Crippen molar-refractivity contribution in [1.82, 2.24) is 15.1 Å². The van der Waals surface area contributed by atoms with Crippen LogP contribution in [0.2, 0.25) is 0 Å². The van der Waals surface area contributed by atoms with Crippen LogP contribution in [-0.4, -0.2) is 87.7 Å². The molecule has 0 saturated carbocycles. The standard InChI is InChI=1S/C24H33N5O3S/c1-17-15-18-22(26-19-7-4-5-8-20(19)27-23(18)33-17)29-12-10-28(11-13-29)9-6-14-32-16-21(25-2)24(30)31-3/h4-5,7-8,15,21,25,27H,6,9-14,16H2,1-3H3. The maximum Gasteiger partial charge on any atom is 0.325 e. The second-order valence-corrected chi connectivity index (χ2v) is 9.56. The number of rotatable bonds is 8. The predicted molar refractivity (Wildman–Crippen MR) is 133 cm³/mol. The van der Waals surface area contributed by atoms with E-state index in [0.717, 1.165) is 56.4 Å². The fourth-order valence-electron chi connectivity index (χ4n) is 4.17. The molecule has 178 valence electrons. The molecule has 2 N–H and O–H groups in total. The number of piperazine rings is 1. The van der Waals surface area contributed by atoms with Crippen LogP contribution >= 0.6 is 11.3 Å². The number of nitrogens with one attached hydrogen (secondary N) is 2. The van der Waals surface area contributed by atoms with Gasteiger partial charge in [-0.05, 0) is 38.6 Å². The SMILES string of the molecule is CNC(COCCCN1CCN(C2=Nc3ccccc3Nc3sc(C)cc32)CC1)C(=O)OC. The third-order valence-corrected chi connectivity index (χ3v) is 6.99. The average Bonchev–Trinajstić information content (AvgIpc) is 3.12. The molecule has 9 heteroatoms. The van der Waals surface area contributed by atoms with Gasteiger partial charge in [-0.2, -0.15) is 0 Å². The number of carbonyl (C=O) groups is 1. The zero-order chi connectivity index (χ0) is 23.2. The zero-order valence-electron chi connectivity index (χ0n) is 19.6. The highest BCUT2D eigenvalue weighted by Crippen LogP contribution is 2.39. The van der Waals surface area contributed by atoms with E-state index in [1.54, 1.807) is 18.4 Å². The summed E-state index contributed by atoms with van der Waals surface area (Å²) >= 11 is 1.78. The molecule has 1 saturated heterocycles. The Kier molecular flexibility index (Phi) is 7.97. The number of ether oxygens (including phenoxy) is 2. The maximum absolute atomic E-state index is 11.6. The summed E-state index contributed by atoms with van der Waals surface area (Å²) in [6.45, 7) is 7.96. The number of amidine groups is 1. The molecule has 1 atom stereocenters. The van der Waals surface area contributed by atoms with Crippen LogP contribution in [0.15, 0.2) is 35.3 Å². The molecule has 8 nitrogen and oxygen atoms in total. The number of fused-ring (bicyclic) bond motifs is 2. The number of likely N-dealkylation sites (N-methyl/N-ethyl adjacent to an activating group) is 1. The molecule has 3 heterocycles. The van der Waals surface area contributed by atoms with Gasteiger partial charge >= 0.3 is 5.97 Å². The molecule has 2 aromatic rings. The Morgan fingerprint density at radius 3 is 2.82 bits per heavy atom. The highest BCUT2D eigenvalue weighted by atomic mass is 32.1. The molecule has 0 amide bonds. The Morgan fingerprint density at radius 2 is 2.06 bits per heavy atom. The summed E-state index contributed by atoms with van der Waals surface area (Å²) < 4.78 is 10.4. The van der Waals surface area contributed by atoms with E-state index in [1.807, 2.05) is 12.1 Å². The Labute approximate surface area is 199 Å². The molecular weight excluding hydrogens is 438 g/mol. The quantitative estimate of drug-likeness (QED) is 0.453. The van der Waals surface area contributed by atoms with Crippen molar-refractivity contribution < 1.29 is 14.3 Å². The van der Waals surface area contributed by atoms with E-state index < -0.39 is 6.04 Å². The molecular formula is C24H33N5O3S. The Morgan fingerprint density at radius 1 is 1.27 bits per heavy atom. The van der Waals surface area contributed by atoms with Gasteiger partial charge in [0, 0.05) is 44.2 Å². The molecule has 1 fully saturated rings. The second kappa shape index (κ2) is 11.1. The van der Waals surface area contributed by atoms with E-state index in [0.29, 0.717) is 13.2 Å². The minimum atomic E-state index is -0.413. The fourth-order valence-corrected chi connectivity index (χ4v) is 5.09. The van der Waals surface area contributed by atoms with Crippen LogP contribution in [0.4, 0.5) is 16.4 Å². The van der Waals surface area contributed by atoms with Gasteiger partial charge < -0.3 is 25.0 Å². The van der Waals surface area contributed by atoms with E-state index >= 15 is 0 Å². The van der Waals surface area contributed by atoms with Gasteiger partial charge in [-0.25, -0.2) is 4.99 Å². The van der Waals surface area contributed by atoms with Gasteiger partial charge in [0.1, 0.15) is 16.9 Å². The van der Waals surface area contributed by atoms with Gasteiger partial charge in [0.05, 0.1) is 30.7 Å². The van der Waals surface area contributed by atoms with E-state index in [-0.39, 0.29) is 5.97 Å². The van der Waals surface area contributed by atoms with Crippen LogP contribution < -0.4 is 10.6 Å². The van der Waals surface area contributed by atoms with Gasteiger partial charge in [0.15, 0.2) is 0 Å². The summed E-state index contributed by atoms with van der Waals surface area (Å²) in [6.07, 6.45) is 0.934. The average molecular weight is 472 g/mol. The van der Waals surface area contributed by atoms with Crippen molar-refractivity contribution in [2.45, 2.75) is 19.4 Å². The van der Waals surface area contributed by atoms with Crippen molar-refractivity contribution in [3.05, 3.63) is 40.8 Å². The highest BCUT2D eigenvalue weighted by molar-refractivity contribution is 7.16. The van der Waals surface area contributed by atoms with Crippen LogP contribution in [0.3, 0.4) is 0 Å². The van der Waals surface area contributed by atoms with Gasteiger partial charge in [-0.1, -0.05) is 12.1 Å². The monoisotopic (exact) mass is 471 g/mol. The summed E-state index contributed by atoms with van der Waals surface area (Å²) in [6, 6.07) is 10.1. The van der Waals surface area contributed by atoms with Crippen molar-refractivity contribution in [2.24, 2.45) is 4.99 Å². The lowest BCUT2D eigenvalue weighted by Gasteiger charge is -2.36. The number of hydrogen-bond acceptors (Lipinski definition) is 9. The van der Waals surface area contributed by atoms with Gasteiger partial charge in [0.2, 0.25) is 0 Å². The first-order chi connectivity index (χ1) is 16.1. The molecule has 2 aliphatic heterocycles. The summed E-state index contributed by atoms with van der Waals surface area (Å²) in [7, 11) is 3.13. The number of para-hydroxylation sites is 2. The molecule has 1 aromatic heterocycles. The van der Waals surface area contributed by atoms with Crippen molar-refractivity contribution in [3.63, 3.8) is 0 Å².